The molecule has 1 N–H and O–H groups in total. The molecule has 0 saturated heterocycles. The van der Waals surface area contributed by atoms with Gasteiger partial charge in [-0.15, -0.1) is 0 Å². The van der Waals surface area contributed by atoms with Crippen molar-refractivity contribution in [3.63, 3.8) is 0 Å². The van der Waals surface area contributed by atoms with Crippen molar-refractivity contribution in [2.75, 3.05) is 12.4 Å². The number of benzene rings is 2. The molecule has 0 heterocycles. The van der Waals surface area contributed by atoms with Gasteiger partial charge in [0.2, 0.25) is 0 Å². The summed E-state index contributed by atoms with van der Waals surface area (Å²) < 4.78 is 5.75. The van der Waals surface area contributed by atoms with Crippen LogP contribution in [0.15, 0.2) is 42.5 Å². The molecule has 0 spiro atoms. The number of carbonyl (C=O) groups is 1. The minimum atomic E-state index is -0.131. The van der Waals surface area contributed by atoms with Crippen molar-refractivity contribution < 1.29 is 9.53 Å². The number of para-hydroxylation sites is 1. The van der Waals surface area contributed by atoms with Crippen LogP contribution in [0.25, 0.3) is 0 Å². The van der Waals surface area contributed by atoms with Crippen molar-refractivity contribution in [3.8, 4) is 5.75 Å². The van der Waals surface area contributed by atoms with E-state index in [4.69, 9.17) is 4.74 Å². The Morgan fingerprint density at radius 2 is 1.36 bits per heavy atom. The molecule has 0 bridgehead atoms. The highest BCUT2D eigenvalue weighted by Gasteiger charge is 2.28. The first-order valence-electron chi connectivity index (χ1n) is 8.63. The van der Waals surface area contributed by atoms with Crippen LogP contribution in [0.2, 0.25) is 0 Å². The van der Waals surface area contributed by atoms with E-state index >= 15 is 0 Å². The fourth-order valence-corrected chi connectivity index (χ4v) is 2.82. The molecule has 2 aromatic rings. The Labute approximate surface area is 151 Å². The Morgan fingerprint density at radius 1 is 0.880 bits per heavy atom. The Balaban J connectivity index is 2.57. The zero-order valence-electron chi connectivity index (χ0n) is 16.4. The van der Waals surface area contributed by atoms with Gasteiger partial charge in [-0.05, 0) is 35.1 Å². The summed E-state index contributed by atoms with van der Waals surface area (Å²) >= 11 is 0. The highest BCUT2D eigenvalue weighted by Crippen LogP contribution is 2.40. The van der Waals surface area contributed by atoms with Gasteiger partial charge in [-0.2, -0.15) is 0 Å². The van der Waals surface area contributed by atoms with Crippen LogP contribution >= 0.6 is 0 Å². The van der Waals surface area contributed by atoms with E-state index in [-0.39, 0.29) is 16.7 Å². The summed E-state index contributed by atoms with van der Waals surface area (Å²) in [5, 5.41) is 2.97. The predicted octanol–water partition coefficient (Wildman–Crippen LogP) is 5.54. The number of hydrogen-bond donors (Lipinski definition) is 1. The lowest BCUT2D eigenvalue weighted by Crippen LogP contribution is -2.22. The number of nitrogens with one attached hydrogen (secondary N) is 1. The first-order chi connectivity index (χ1) is 11.5. The quantitative estimate of drug-likeness (QED) is 0.797. The number of rotatable bonds is 3. The predicted molar refractivity (Wildman–Crippen MR) is 105 cm³/mol. The molecule has 3 nitrogen and oxygen atoms in total. The standard InChI is InChI=1S/C22H29NO2/c1-21(2,3)17-13-15(14-18(19(17)25-7)22(4,5)6)20(24)23-16-11-9-8-10-12-16/h8-14H,1-7H3,(H,23,24). The van der Waals surface area contributed by atoms with Crippen molar-refractivity contribution >= 4 is 11.6 Å². The first kappa shape index (κ1) is 19.0. The van der Waals surface area contributed by atoms with Crippen molar-refractivity contribution in [2.45, 2.75) is 52.4 Å². The highest BCUT2D eigenvalue weighted by molar-refractivity contribution is 6.04. The Bertz CT molecular complexity index is 715. The molecule has 0 aromatic heterocycles. The monoisotopic (exact) mass is 339 g/mol. The van der Waals surface area contributed by atoms with E-state index < -0.39 is 0 Å². The lowest BCUT2D eigenvalue weighted by molar-refractivity contribution is 0.102. The van der Waals surface area contributed by atoms with Crippen molar-refractivity contribution in [3.05, 3.63) is 59.2 Å². The van der Waals surface area contributed by atoms with Crippen molar-refractivity contribution in [2.24, 2.45) is 0 Å². The molecular formula is C22H29NO2. The number of ether oxygens (including phenoxy) is 1. The van der Waals surface area contributed by atoms with E-state index in [1.165, 1.54) is 0 Å². The maximum atomic E-state index is 12.8. The van der Waals surface area contributed by atoms with Gasteiger partial charge in [-0.1, -0.05) is 59.7 Å². The number of methoxy groups -OCH3 is 1. The second kappa shape index (κ2) is 6.91. The normalized spacial score (nSPS) is 12.0. The van der Waals surface area contributed by atoms with Crippen molar-refractivity contribution in [1.82, 2.24) is 0 Å². The summed E-state index contributed by atoms with van der Waals surface area (Å²) in [6.07, 6.45) is 0. The van der Waals surface area contributed by atoms with E-state index in [1.54, 1.807) is 7.11 Å². The van der Waals surface area contributed by atoms with Crippen LogP contribution in [0.1, 0.15) is 63.0 Å². The van der Waals surface area contributed by atoms with Gasteiger partial charge in [-0.3, -0.25) is 4.79 Å². The second-order valence-electron chi connectivity index (χ2n) is 8.42. The number of amides is 1. The third-order valence-corrected chi connectivity index (χ3v) is 4.20. The second-order valence-corrected chi connectivity index (χ2v) is 8.42. The van der Waals surface area contributed by atoms with Crippen LogP contribution < -0.4 is 10.1 Å². The first-order valence-corrected chi connectivity index (χ1v) is 8.63. The van der Waals surface area contributed by atoms with E-state index in [9.17, 15) is 4.79 Å². The minimum absolute atomic E-state index is 0.107. The van der Waals surface area contributed by atoms with Gasteiger partial charge in [0.1, 0.15) is 5.75 Å². The van der Waals surface area contributed by atoms with Gasteiger partial charge >= 0.3 is 0 Å². The lowest BCUT2D eigenvalue weighted by Gasteiger charge is -2.29. The van der Waals surface area contributed by atoms with Crippen LogP contribution in [0.3, 0.4) is 0 Å². The van der Waals surface area contributed by atoms with E-state index in [0.29, 0.717) is 5.56 Å². The molecule has 0 saturated carbocycles. The Kier molecular flexibility index (Phi) is 5.26. The lowest BCUT2D eigenvalue weighted by atomic mass is 9.78. The molecule has 3 heteroatoms. The molecule has 25 heavy (non-hydrogen) atoms. The van der Waals surface area contributed by atoms with Crippen molar-refractivity contribution in [1.29, 1.82) is 0 Å². The van der Waals surface area contributed by atoms with E-state index in [1.807, 2.05) is 42.5 Å². The Hall–Kier alpha value is -2.29. The van der Waals surface area contributed by atoms with E-state index in [0.717, 1.165) is 22.6 Å². The largest absolute Gasteiger partial charge is 0.496 e. The van der Waals surface area contributed by atoms with Crippen LogP contribution in [0.4, 0.5) is 5.69 Å². The van der Waals surface area contributed by atoms with Crippen LogP contribution in [-0.4, -0.2) is 13.0 Å². The molecule has 1 amide bonds. The maximum Gasteiger partial charge on any atom is 0.255 e. The number of anilines is 1. The van der Waals surface area contributed by atoms with Crippen LogP contribution in [0.5, 0.6) is 5.75 Å². The molecule has 0 radical (unpaired) electrons. The fourth-order valence-electron chi connectivity index (χ4n) is 2.82. The summed E-state index contributed by atoms with van der Waals surface area (Å²) in [5.41, 5.74) is 3.27. The summed E-state index contributed by atoms with van der Waals surface area (Å²) in [6.45, 7) is 12.8. The minimum Gasteiger partial charge on any atom is -0.496 e. The maximum absolute atomic E-state index is 12.8. The average Bonchev–Trinajstić information content (AvgIpc) is 2.52. The van der Waals surface area contributed by atoms with Crippen LogP contribution in [-0.2, 0) is 10.8 Å². The van der Waals surface area contributed by atoms with Gasteiger partial charge < -0.3 is 10.1 Å². The summed E-state index contributed by atoms with van der Waals surface area (Å²) in [4.78, 5) is 12.8. The Morgan fingerprint density at radius 3 is 1.76 bits per heavy atom. The van der Waals surface area contributed by atoms with Gasteiger partial charge in [0, 0.05) is 22.4 Å². The summed E-state index contributed by atoms with van der Waals surface area (Å²) in [6, 6.07) is 13.4. The number of carbonyl (C=O) groups excluding carboxylic acids is 1. The molecule has 0 unspecified atom stereocenters. The van der Waals surface area contributed by atoms with Gasteiger partial charge in [0.15, 0.2) is 0 Å². The van der Waals surface area contributed by atoms with Crippen LogP contribution in [0, 0.1) is 0 Å². The molecular weight excluding hydrogens is 310 g/mol. The van der Waals surface area contributed by atoms with Gasteiger partial charge in [0.25, 0.3) is 5.91 Å². The highest BCUT2D eigenvalue weighted by atomic mass is 16.5. The molecule has 0 aliphatic rings. The SMILES string of the molecule is COc1c(C(C)(C)C)cc(C(=O)Nc2ccccc2)cc1C(C)(C)C. The topological polar surface area (TPSA) is 38.3 Å². The zero-order chi connectivity index (χ0) is 18.8. The summed E-state index contributed by atoms with van der Waals surface area (Å²) in [7, 11) is 1.70. The molecule has 2 rings (SSSR count). The molecule has 134 valence electrons. The van der Waals surface area contributed by atoms with Gasteiger partial charge in [0.05, 0.1) is 7.11 Å². The number of hydrogen-bond acceptors (Lipinski definition) is 2. The molecule has 2 aromatic carbocycles. The summed E-state index contributed by atoms with van der Waals surface area (Å²) in [5.74, 6) is 0.765. The molecule has 0 atom stereocenters. The fraction of sp³-hybridized carbons (Fsp3) is 0.409. The zero-order valence-corrected chi connectivity index (χ0v) is 16.4. The molecule has 0 aliphatic carbocycles. The molecule has 0 fully saturated rings. The van der Waals surface area contributed by atoms with Gasteiger partial charge in [-0.25, -0.2) is 0 Å². The third-order valence-electron chi connectivity index (χ3n) is 4.20. The smallest absolute Gasteiger partial charge is 0.255 e. The molecule has 0 aliphatic heterocycles. The van der Waals surface area contributed by atoms with E-state index in [2.05, 4.69) is 46.9 Å². The third kappa shape index (κ3) is 4.41. The average molecular weight is 339 g/mol.